The highest BCUT2D eigenvalue weighted by Crippen LogP contribution is 2.38. The molecule has 1 aromatic rings. The van der Waals surface area contributed by atoms with Crippen molar-refractivity contribution in [2.75, 3.05) is 13.2 Å². The number of hydrogen-bond acceptors (Lipinski definition) is 5. The van der Waals surface area contributed by atoms with Gasteiger partial charge >= 0.3 is 0 Å². The third kappa shape index (κ3) is 2.26. The van der Waals surface area contributed by atoms with Crippen molar-refractivity contribution in [2.45, 2.75) is 25.4 Å². The molecule has 5 heteroatoms. The Morgan fingerprint density at radius 2 is 2.38 bits per heavy atom. The maximum absolute atomic E-state index is 5.26. The van der Waals surface area contributed by atoms with Gasteiger partial charge in [0.1, 0.15) is 6.61 Å². The normalized spacial score (nSPS) is 16.4. The van der Waals surface area contributed by atoms with Gasteiger partial charge in [-0.25, -0.2) is 0 Å². The van der Waals surface area contributed by atoms with E-state index in [1.807, 2.05) is 0 Å². The summed E-state index contributed by atoms with van der Waals surface area (Å²) in [4.78, 5) is 4.20. The lowest BCUT2D eigenvalue weighted by atomic mass is 10.4. The molecule has 0 aliphatic heterocycles. The Bertz CT molecular complexity index is 270. The van der Waals surface area contributed by atoms with Gasteiger partial charge in [0.05, 0.1) is 6.61 Å². The lowest BCUT2D eigenvalue weighted by Gasteiger charge is -1.95. The first-order chi connectivity index (χ1) is 6.40. The van der Waals surface area contributed by atoms with Crippen molar-refractivity contribution in [3.63, 3.8) is 0 Å². The van der Waals surface area contributed by atoms with E-state index in [1.165, 1.54) is 12.8 Å². The average Bonchev–Trinajstić information content (AvgIpc) is 2.88. The number of rotatable bonds is 5. The maximum atomic E-state index is 5.26. The number of ether oxygens (including phenoxy) is 1. The molecule has 72 valence electrons. The minimum absolute atomic E-state index is 0.372. The summed E-state index contributed by atoms with van der Waals surface area (Å²) in [6.45, 7) is 1.42. The molecule has 5 nitrogen and oxygen atoms in total. The van der Waals surface area contributed by atoms with Gasteiger partial charge in [-0.2, -0.15) is 4.98 Å². The molecule has 2 rings (SSSR count). The van der Waals surface area contributed by atoms with Gasteiger partial charge in [-0.15, -0.1) is 0 Å². The molecule has 1 saturated carbocycles. The molecular formula is C8H13N3O2. The third-order valence-corrected chi connectivity index (χ3v) is 1.91. The smallest absolute Gasteiger partial charge is 0.252 e. The summed E-state index contributed by atoms with van der Waals surface area (Å²) in [5.74, 6) is 1.91. The van der Waals surface area contributed by atoms with Gasteiger partial charge in [0, 0.05) is 12.5 Å². The lowest BCUT2D eigenvalue weighted by Crippen LogP contribution is -2.08. The molecule has 1 aliphatic carbocycles. The van der Waals surface area contributed by atoms with Crippen molar-refractivity contribution < 1.29 is 9.26 Å². The zero-order valence-electron chi connectivity index (χ0n) is 7.40. The van der Waals surface area contributed by atoms with E-state index in [2.05, 4.69) is 10.1 Å². The zero-order chi connectivity index (χ0) is 9.10. The van der Waals surface area contributed by atoms with Gasteiger partial charge in [-0.1, -0.05) is 5.16 Å². The van der Waals surface area contributed by atoms with Crippen LogP contribution in [0, 0.1) is 0 Å². The molecule has 0 aromatic carbocycles. The quantitative estimate of drug-likeness (QED) is 0.670. The summed E-state index contributed by atoms with van der Waals surface area (Å²) in [5.41, 5.74) is 5.26. The molecule has 0 spiro atoms. The van der Waals surface area contributed by atoms with E-state index in [4.69, 9.17) is 15.0 Å². The van der Waals surface area contributed by atoms with Crippen LogP contribution in [0.2, 0.25) is 0 Å². The van der Waals surface area contributed by atoms with Gasteiger partial charge in [0.25, 0.3) is 5.89 Å². The van der Waals surface area contributed by atoms with E-state index in [0.29, 0.717) is 31.6 Å². The van der Waals surface area contributed by atoms with Gasteiger partial charge in [0.15, 0.2) is 5.82 Å². The molecule has 0 amide bonds. The monoisotopic (exact) mass is 183 g/mol. The minimum Gasteiger partial charge on any atom is -0.370 e. The van der Waals surface area contributed by atoms with Gasteiger partial charge < -0.3 is 15.0 Å². The maximum Gasteiger partial charge on any atom is 0.252 e. The Kier molecular flexibility index (Phi) is 2.56. The van der Waals surface area contributed by atoms with Crippen molar-refractivity contribution in [3.8, 4) is 0 Å². The highest BCUT2D eigenvalue weighted by Gasteiger charge is 2.28. The minimum atomic E-state index is 0.372. The van der Waals surface area contributed by atoms with Crippen LogP contribution in [0.15, 0.2) is 4.52 Å². The first kappa shape index (κ1) is 8.65. The van der Waals surface area contributed by atoms with Gasteiger partial charge in [-0.05, 0) is 12.8 Å². The van der Waals surface area contributed by atoms with Gasteiger partial charge in [0.2, 0.25) is 0 Å². The van der Waals surface area contributed by atoms with E-state index < -0.39 is 0 Å². The second-order valence-corrected chi connectivity index (χ2v) is 3.16. The van der Waals surface area contributed by atoms with Crippen LogP contribution in [0.5, 0.6) is 0 Å². The molecule has 0 unspecified atom stereocenters. The Morgan fingerprint density at radius 1 is 1.54 bits per heavy atom. The number of nitrogens with two attached hydrogens (primary N) is 1. The lowest BCUT2D eigenvalue weighted by molar-refractivity contribution is 0.104. The van der Waals surface area contributed by atoms with Crippen LogP contribution in [0.3, 0.4) is 0 Å². The van der Waals surface area contributed by atoms with Crippen molar-refractivity contribution in [2.24, 2.45) is 5.73 Å². The fourth-order valence-corrected chi connectivity index (χ4v) is 1.08. The molecule has 0 bridgehead atoms. The predicted molar refractivity (Wildman–Crippen MR) is 45.0 cm³/mol. The summed E-state index contributed by atoms with van der Waals surface area (Å²) < 4.78 is 10.1. The number of aromatic nitrogens is 2. The highest BCUT2D eigenvalue weighted by molar-refractivity contribution is 5.02. The Morgan fingerprint density at radius 3 is 3.08 bits per heavy atom. The Labute approximate surface area is 76.3 Å². The van der Waals surface area contributed by atoms with Gasteiger partial charge in [-0.3, -0.25) is 0 Å². The van der Waals surface area contributed by atoms with Crippen molar-refractivity contribution in [1.82, 2.24) is 10.1 Å². The molecule has 2 N–H and O–H groups in total. The van der Waals surface area contributed by atoms with E-state index in [9.17, 15) is 0 Å². The van der Waals surface area contributed by atoms with Crippen molar-refractivity contribution in [1.29, 1.82) is 0 Å². The molecule has 1 fully saturated rings. The summed E-state index contributed by atoms with van der Waals surface area (Å²) in [6.07, 6.45) is 2.37. The molecule has 1 aliphatic rings. The largest absolute Gasteiger partial charge is 0.370 e. The van der Waals surface area contributed by atoms with Crippen LogP contribution in [0.1, 0.15) is 30.5 Å². The average molecular weight is 183 g/mol. The van der Waals surface area contributed by atoms with Crippen LogP contribution >= 0.6 is 0 Å². The first-order valence-electron chi connectivity index (χ1n) is 4.50. The van der Waals surface area contributed by atoms with Crippen LogP contribution in [0.25, 0.3) is 0 Å². The molecule has 0 atom stereocenters. The Balaban J connectivity index is 1.82. The van der Waals surface area contributed by atoms with E-state index in [1.54, 1.807) is 0 Å². The van der Waals surface area contributed by atoms with Crippen LogP contribution in [0.4, 0.5) is 0 Å². The van der Waals surface area contributed by atoms with Crippen LogP contribution in [-0.2, 0) is 11.3 Å². The highest BCUT2D eigenvalue weighted by atomic mass is 16.5. The second-order valence-electron chi connectivity index (χ2n) is 3.16. The third-order valence-electron chi connectivity index (χ3n) is 1.91. The zero-order valence-corrected chi connectivity index (χ0v) is 7.40. The van der Waals surface area contributed by atoms with E-state index in [0.717, 1.165) is 5.82 Å². The fourth-order valence-electron chi connectivity index (χ4n) is 1.08. The Hall–Kier alpha value is -0.940. The van der Waals surface area contributed by atoms with Crippen molar-refractivity contribution in [3.05, 3.63) is 11.7 Å². The molecule has 13 heavy (non-hydrogen) atoms. The summed E-state index contributed by atoms with van der Waals surface area (Å²) in [6, 6.07) is 0. The number of hydrogen-bond donors (Lipinski definition) is 1. The van der Waals surface area contributed by atoms with E-state index >= 15 is 0 Å². The topological polar surface area (TPSA) is 74.2 Å². The van der Waals surface area contributed by atoms with Crippen molar-refractivity contribution >= 4 is 0 Å². The SMILES string of the molecule is NCCOCc1nc(C2CC2)no1. The standard InChI is InChI=1S/C8H13N3O2/c9-3-4-12-5-7-10-8(11-13-7)6-1-2-6/h6H,1-5,9H2. The number of nitrogens with zero attached hydrogens (tertiary/aromatic N) is 2. The molecular weight excluding hydrogens is 170 g/mol. The predicted octanol–water partition coefficient (Wildman–Crippen LogP) is 0.422. The molecule has 1 aromatic heterocycles. The second kappa shape index (κ2) is 3.85. The molecule has 0 radical (unpaired) electrons. The fraction of sp³-hybridized carbons (Fsp3) is 0.750. The molecule has 0 saturated heterocycles. The van der Waals surface area contributed by atoms with Crippen LogP contribution < -0.4 is 5.73 Å². The summed E-state index contributed by atoms with van der Waals surface area (Å²) in [7, 11) is 0. The first-order valence-corrected chi connectivity index (χ1v) is 4.50. The summed E-state index contributed by atoms with van der Waals surface area (Å²) >= 11 is 0. The van der Waals surface area contributed by atoms with Crippen LogP contribution in [-0.4, -0.2) is 23.3 Å². The molecule has 1 heterocycles. The van der Waals surface area contributed by atoms with E-state index in [-0.39, 0.29) is 0 Å². The summed E-state index contributed by atoms with van der Waals surface area (Å²) in [5, 5.41) is 3.86.